The molecule has 0 saturated heterocycles. The number of carboxylic acids is 1. The first-order valence-corrected chi connectivity index (χ1v) is 6.89. The zero-order chi connectivity index (χ0) is 14.7. The Morgan fingerprint density at radius 1 is 1.45 bits per heavy atom. The Hall–Kier alpha value is -1.88. The highest BCUT2D eigenvalue weighted by atomic mass is 16.4. The van der Waals surface area contributed by atoms with Gasteiger partial charge in [-0.1, -0.05) is 25.1 Å². The van der Waals surface area contributed by atoms with E-state index in [0.717, 1.165) is 11.3 Å². The van der Waals surface area contributed by atoms with Gasteiger partial charge < -0.3 is 15.7 Å². The minimum Gasteiger partial charge on any atom is -0.481 e. The highest BCUT2D eigenvalue weighted by molar-refractivity contribution is 5.97. The standard InChI is InChI=1S/C15H20N2O3/c1-10(6-8-16)14(18)17-9-7-12(15(19)20)11-4-2-3-5-13(11)17/h2-5,10,12H,6-9,16H2,1H3,(H,19,20). The van der Waals surface area contributed by atoms with Gasteiger partial charge in [-0.15, -0.1) is 0 Å². The summed E-state index contributed by atoms with van der Waals surface area (Å²) < 4.78 is 0. The molecule has 2 unspecified atom stereocenters. The fourth-order valence-corrected chi connectivity index (χ4v) is 2.69. The molecule has 0 bridgehead atoms. The Bertz CT molecular complexity index is 516. The molecule has 1 aromatic rings. The molecule has 3 N–H and O–H groups in total. The summed E-state index contributed by atoms with van der Waals surface area (Å²) in [6.07, 6.45) is 1.09. The number of amides is 1. The first-order chi connectivity index (χ1) is 9.56. The largest absolute Gasteiger partial charge is 0.481 e. The number of carbonyl (C=O) groups excluding carboxylic acids is 1. The van der Waals surface area contributed by atoms with Crippen molar-refractivity contribution in [1.29, 1.82) is 0 Å². The maximum Gasteiger partial charge on any atom is 0.311 e. The number of para-hydroxylation sites is 1. The van der Waals surface area contributed by atoms with Crippen LogP contribution in [0.5, 0.6) is 0 Å². The molecular weight excluding hydrogens is 256 g/mol. The van der Waals surface area contributed by atoms with Gasteiger partial charge in [0.15, 0.2) is 0 Å². The zero-order valence-electron chi connectivity index (χ0n) is 11.6. The number of fused-ring (bicyclic) bond motifs is 1. The van der Waals surface area contributed by atoms with Crippen LogP contribution in [0.2, 0.25) is 0 Å². The molecule has 1 aromatic carbocycles. The lowest BCUT2D eigenvalue weighted by Gasteiger charge is -2.34. The second kappa shape index (κ2) is 6.05. The van der Waals surface area contributed by atoms with Gasteiger partial charge in [0, 0.05) is 18.2 Å². The first-order valence-electron chi connectivity index (χ1n) is 6.89. The topological polar surface area (TPSA) is 83.6 Å². The van der Waals surface area contributed by atoms with Crippen LogP contribution in [0.15, 0.2) is 24.3 Å². The fourth-order valence-electron chi connectivity index (χ4n) is 2.69. The lowest BCUT2D eigenvalue weighted by atomic mass is 9.89. The molecule has 0 spiro atoms. The summed E-state index contributed by atoms with van der Waals surface area (Å²) in [5, 5.41) is 9.28. The fraction of sp³-hybridized carbons (Fsp3) is 0.467. The lowest BCUT2D eigenvalue weighted by molar-refractivity contribution is -0.139. The van der Waals surface area contributed by atoms with Crippen molar-refractivity contribution in [3.05, 3.63) is 29.8 Å². The number of rotatable bonds is 4. The predicted octanol–water partition coefficient (Wildman–Crippen LogP) is 1.58. The Morgan fingerprint density at radius 3 is 2.80 bits per heavy atom. The molecule has 1 aliphatic heterocycles. The van der Waals surface area contributed by atoms with Crippen LogP contribution in [0.3, 0.4) is 0 Å². The van der Waals surface area contributed by atoms with E-state index < -0.39 is 11.9 Å². The second-order valence-electron chi connectivity index (χ2n) is 5.21. The Balaban J connectivity index is 2.32. The predicted molar refractivity (Wildman–Crippen MR) is 76.6 cm³/mol. The molecule has 1 heterocycles. The number of carbonyl (C=O) groups is 2. The summed E-state index contributed by atoms with van der Waals surface area (Å²) in [7, 11) is 0. The summed E-state index contributed by atoms with van der Waals surface area (Å²) >= 11 is 0. The molecule has 0 radical (unpaired) electrons. The van der Waals surface area contributed by atoms with E-state index in [4.69, 9.17) is 5.73 Å². The summed E-state index contributed by atoms with van der Waals surface area (Å²) in [6.45, 7) is 2.78. The summed E-state index contributed by atoms with van der Waals surface area (Å²) in [6, 6.07) is 7.25. The van der Waals surface area contributed by atoms with Crippen LogP contribution in [0.4, 0.5) is 5.69 Å². The average molecular weight is 276 g/mol. The Labute approximate surface area is 118 Å². The SMILES string of the molecule is CC(CCN)C(=O)N1CCC(C(=O)O)c2ccccc21. The van der Waals surface area contributed by atoms with Gasteiger partial charge in [0.2, 0.25) is 5.91 Å². The van der Waals surface area contributed by atoms with E-state index >= 15 is 0 Å². The van der Waals surface area contributed by atoms with Gasteiger partial charge in [-0.25, -0.2) is 0 Å². The van der Waals surface area contributed by atoms with Crippen molar-refractivity contribution in [3.63, 3.8) is 0 Å². The maximum atomic E-state index is 12.5. The molecule has 1 amide bonds. The normalized spacial score (nSPS) is 19.3. The van der Waals surface area contributed by atoms with Crippen LogP contribution in [-0.2, 0) is 9.59 Å². The number of benzene rings is 1. The number of aliphatic carboxylic acids is 1. The molecule has 1 aliphatic rings. The first kappa shape index (κ1) is 14.5. The molecule has 108 valence electrons. The molecule has 20 heavy (non-hydrogen) atoms. The second-order valence-corrected chi connectivity index (χ2v) is 5.21. The average Bonchev–Trinajstić information content (AvgIpc) is 2.45. The van der Waals surface area contributed by atoms with Crippen LogP contribution in [0, 0.1) is 5.92 Å². The molecule has 5 nitrogen and oxygen atoms in total. The zero-order valence-corrected chi connectivity index (χ0v) is 11.6. The third-order valence-electron chi connectivity index (χ3n) is 3.83. The molecule has 5 heteroatoms. The number of nitrogens with zero attached hydrogens (tertiary/aromatic N) is 1. The highest BCUT2D eigenvalue weighted by Gasteiger charge is 2.33. The van der Waals surface area contributed by atoms with E-state index in [0.29, 0.717) is 25.9 Å². The number of hydrogen-bond donors (Lipinski definition) is 2. The van der Waals surface area contributed by atoms with E-state index in [-0.39, 0.29) is 11.8 Å². The van der Waals surface area contributed by atoms with E-state index in [1.807, 2.05) is 25.1 Å². The summed E-state index contributed by atoms with van der Waals surface area (Å²) in [5.74, 6) is -1.49. The van der Waals surface area contributed by atoms with Crippen LogP contribution in [0.1, 0.15) is 31.2 Å². The van der Waals surface area contributed by atoms with Crippen molar-refractivity contribution < 1.29 is 14.7 Å². The highest BCUT2D eigenvalue weighted by Crippen LogP contribution is 2.36. The van der Waals surface area contributed by atoms with Gasteiger partial charge in [-0.05, 0) is 31.0 Å². The van der Waals surface area contributed by atoms with E-state index in [1.165, 1.54) is 0 Å². The lowest BCUT2D eigenvalue weighted by Crippen LogP contribution is -2.41. The Kier molecular flexibility index (Phi) is 4.39. The van der Waals surface area contributed by atoms with E-state index in [9.17, 15) is 14.7 Å². The van der Waals surface area contributed by atoms with Crippen molar-refractivity contribution in [2.45, 2.75) is 25.7 Å². The molecular formula is C15H20N2O3. The van der Waals surface area contributed by atoms with Gasteiger partial charge >= 0.3 is 5.97 Å². The van der Waals surface area contributed by atoms with Crippen molar-refractivity contribution >= 4 is 17.6 Å². The quantitative estimate of drug-likeness (QED) is 0.874. The smallest absolute Gasteiger partial charge is 0.311 e. The van der Waals surface area contributed by atoms with Gasteiger partial charge in [0.05, 0.1) is 5.92 Å². The third-order valence-corrected chi connectivity index (χ3v) is 3.83. The van der Waals surface area contributed by atoms with Crippen LogP contribution in [0.25, 0.3) is 0 Å². The molecule has 0 fully saturated rings. The van der Waals surface area contributed by atoms with Crippen molar-refractivity contribution in [2.75, 3.05) is 18.0 Å². The van der Waals surface area contributed by atoms with Crippen LogP contribution in [-0.4, -0.2) is 30.1 Å². The number of anilines is 1. The number of nitrogens with two attached hydrogens (primary N) is 1. The van der Waals surface area contributed by atoms with Gasteiger partial charge in [0.25, 0.3) is 0 Å². The van der Waals surface area contributed by atoms with E-state index in [2.05, 4.69) is 0 Å². The molecule has 2 atom stereocenters. The molecule has 0 aliphatic carbocycles. The summed E-state index contributed by atoms with van der Waals surface area (Å²) in [5.41, 5.74) is 6.95. The third kappa shape index (κ3) is 2.67. The monoisotopic (exact) mass is 276 g/mol. The van der Waals surface area contributed by atoms with Crippen molar-refractivity contribution in [3.8, 4) is 0 Å². The molecule has 2 rings (SSSR count). The van der Waals surface area contributed by atoms with E-state index in [1.54, 1.807) is 11.0 Å². The van der Waals surface area contributed by atoms with Crippen molar-refractivity contribution in [2.24, 2.45) is 11.7 Å². The maximum absolute atomic E-state index is 12.5. The number of carboxylic acid groups (broad SMARTS) is 1. The minimum atomic E-state index is -0.834. The van der Waals surface area contributed by atoms with Crippen LogP contribution < -0.4 is 10.6 Å². The summed E-state index contributed by atoms with van der Waals surface area (Å²) in [4.78, 5) is 25.5. The molecule has 0 saturated carbocycles. The Morgan fingerprint density at radius 2 is 2.15 bits per heavy atom. The minimum absolute atomic E-state index is 0.0201. The van der Waals surface area contributed by atoms with Gasteiger partial charge in [-0.3, -0.25) is 9.59 Å². The van der Waals surface area contributed by atoms with Crippen molar-refractivity contribution in [1.82, 2.24) is 0 Å². The molecule has 0 aromatic heterocycles. The van der Waals surface area contributed by atoms with Crippen LogP contribution >= 0.6 is 0 Å². The van der Waals surface area contributed by atoms with Gasteiger partial charge in [-0.2, -0.15) is 0 Å². The number of hydrogen-bond acceptors (Lipinski definition) is 3. The van der Waals surface area contributed by atoms with Gasteiger partial charge in [0.1, 0.15) is 0 Å².